The molecule has 0 bridgehead atoms. The van der Waals surface area contributed by atoms with E-state index in [0.29, 0.717) is 64.6 Å². The number of aromatic nitrogens is 1. The molecular weight excluding hydrogens is 512 g/mol. The third-order valence-electron chi connectivity index (χ3n) is 6.55. The fourth-order valence-electron chi connectivity index (χ4n) is 4.73. The molecule has 2 aliphatic heterocycles. The Morgan fingerprint density at radius 3 is 2.81 bits per heavy atom. The highest BCUT2D eigenvalue weighted by molar-refractivity contribution is 8.26. The van der Waals surface area contributed by atoms with Gasteiger partial charge in [0.05, 0.1) is 30.2 Å². The molecule has 1 amide bonds. The largest absolute Gasteiger partial charge is 0.467 e. The third-order valence-corrected chi connectivity index (χ3v) is 7.92. The summed E-state index contributed by atoms with van der Waals surface area (Å²) in [6.45, 7) is 7.17. The lowest BCUT2D eigenvalue weighted by Gasteiger charge is -2.36. The Balaban J connectivity index is 1.80. The maximum Gasteiger partial charge on any atom is 0.310 e. The van der Waals surface area contributed by atoms with Gasteiger partial charge in [0, 0.05) is 25.2 Å². The zero-order chi connectivity index (χ0) is 26.7. The number of carbonyl (C=O) groups is 2. The second-order valence-electron chi connectivity index (χ2n) is 8.78. The van der Waals surface area contributed by atoms with Gasteiger partial charge in [-0.05, 0) is 57.4 Å². The summed E-state index contributed by atoms with van der Waals surface area (Å²) >= 11 is 6.65. The molecule has 4 heterocycles. The van der Waals surface area contributed by atoms with Crippen molar-refractivity contribution >= 4 is 52.1 Å². The van der Waals surface area contributed by atoms with Gasteiger partial charge in [0.1, 0.15) is 27.5 Å². The molecular formula is C26H28N4O5S2. The highest BCUT2D eigenvalue weighted by Gasteiger charge is 2.35. The lowest BCUT2D eigenvalue weighted by atomic mass is 9.96. The van der Waals surface area contributed by atoms with Gasteiger partial charge in [-0.1, -0.05) is 24.0 Å². The molecule has 1 atom stereocenters. The molecule has 0 N–H and O–H groups in total. The Kier molecular flexibility index (Phi) is 8.19. The molecule has 1 unspecified atom stereocenters. The second kappa shape index (κ2) is 11.4. The number of thiocarbonyl (C=S) groups is 1. The van der Waals surface area contributed by atoms with Crippen LogP contribution >= 0.6 is 24.0 Å². The molecule has 0 radical (unpaired) electrons. The van der Waals surface area contributed by atoms with E-state index in [1.807, 2.05) is 17.9 Å². The highest BCUT2D eigenvalue weighted by atomic mass is 32.2. The third kappa shape index (κ3) is 5.22. The monoisotopic (exact) mass is 540 g/mol. The predicted octanol–water partition coefficient (Wildman–Crippen LogP) is 3.82. The summed E-state index contributed by atoms with van der Waals surface area (Å²) in [4.78, 5) is 43.0. The van der Waals surface area contributed by atoms with Gasteiger partial charge in [-0.15, -0.1) is 0 Å². The van der Waals surface area contributed by atoms with Crippen molar-refractivity contribution in [2.45, 2.75) is 46.7 Å². The summed E-state index contributed by atoms with van der Waals surface area (Å²) in [6, 6.07) is 5.56. The second-order valence-corrected chi connectivity index (χ2v) is 10.5. The van der Waals surface area contributed by atoms with Crippen LogP contribution in [0.3, 0.4) is 0 Å². The Hall–Kier alpha value is -3.36. The van der Waals surface area contributed by atoms with Crippen LogP contribution in [-0.2, 0) is 27.4 Å². The minimum absolute atomic E-state index is 0.0295. The fraction of sp³-hybridized carbons (Fsp3) is 0.423. The molecule has 194 valence electrons. The Morgan fingerprint density at radius 1 is 1.38 bits per heavy atom. The van der Waals surface area contributed by atoms with E-state index in [0.717, 1.165) is 6.42 Å². The number of piperidine rings is 1. The van der Waals surface area contributed by atoms with E-state index in [9.17, 15) is 19.6 Å². The number of nitrogens with zero attached hydrogens (tertiary/aromatic N) is 4. The first-order valence-electron chi connectivity index (χ1n) is 12.2. The summed E-state index contributed by atoms with van der Waals surface area (Å²) in [5.41, 5.74) is 0.725. The van der Waals surface area contributed by atoms with Crippen molar-refractivity contribution in [3.63, 3.8) is 0 Å². The van der Waals surface area contributed by atoms with Crippen molar-refractivity contribution in [2.75, 3.05) is 24.6 Å². The van der Waals surface area contributed by atoms with Gasteiger partial charge in [0.2, 0.25) is 0 Å². The van der Waals surface area contributed by atoms with E-state index < -0.39 is 5.56 Å². The van der Waals surface area contributed by atoms with E-state index in [1.54, 1.807) is 36.6 Å². The fourth-order valence-corrected chi connectivity index (χ4v) is 5.96. The number of anilines is 1. The van der Waals surface area contributed by atoms with Crippen molar-refractivity contribution in [1.29, 1.82) is 5.26 Å². The molecule has 0 aliphatic carbocycles. The number of thioether (sulfide) groups is 1. The van der Waals surface area contributed by atoms with Crippen LogP contribution in [0, 0.1) is 24.2 Å². The van der Waals surface area contributed by atoms with E-state index in [1.165, 1.54) is 22.9 Å². The number of amides is 1. The molecule has 37 heavy (non-hydrogen) atoms. The molecule has 0 aromatic carbocycles. The summed E-state index contributed by atoms with van der Waals surface area (Å²) in [5.74, 6) is 0.341. The summed E-state index contributed by atoms with van der Waals surface area (Å²) < 4.78 is 12.6. The number of hydrogen-bond acceptors (Lipinski definition) is 9. The predicted molar refractivity (Wildman–Crippen MR) is 145 cm³/mol. The molecule has 4 rings (SSSR count). The maximum absolute atomic E-state index is 13.3. The smallest absolute Gasteiger partial charge is 0.310 e. The van der Waals surface area contributed by atoms with E-state index in [2.05, 4.69) is 0 Å². The Morgan fingerprint density at radius 2 is 2.16 bits per heavy atom. The molecule has 0 spiro atoms. The number of pyridine rings is 1. The van der Waals surface area contributed by atoms with Crippen molar-refractivity contribution in [3.05, 3.63) is 56.1 Å². The first-order chi connectivity index (χ1) is 17.8. The maximum atomic E-state index is 13.3. The minimum atomic E-state index is -0.390. The number of furan rings is 1. The van der Waals surface area contributed by atoms with Gasteiger partial charge in [-0.25, -0.2) is 0 Å². The van der Waals surface area contributed by atoms with E-state index >= 15 is 0 Å². The van der Waals surface area contributed by atoms with Crippen LogP contribution < -0.4 is 10.5 Å². The average molecular weight is 541 g/mol. The van der Waals surface area contributed by atoms with E-state index in [4.69, 9.17) is 21.4 Å². The molecule has 11 heteroatoms. The quantitative estimate of drug-likeness (QED) is 0.294. The van der Waals surface area contributed by atoms with Gasteiger partial charge in [-0.3, -0.25) is 23.9 Å². The van der Waals surface area contributed by atoms with Gasteiger partial charge >= 0.3 is 5.97 Å². The molecule has 0 saturated carbocycles. The zero-order valence-electron chi connectivity index (χ0n) is 21.0. The number of carbonyl (C=O) groups excluding carboxylic acids is 2. The van der Waals surface area contributed by atoms with Crippen molar-refractivity contribution in [2.24, 2.45) is 5.92 Å². The van der Waals surface area contributed by atoms with Gasteiger partial charge < -0.3 is 14.1 Å². The first-order valence-corrected chi connectivity index (χ1v) is 13.4. The number of rotatable bonds is 7. The SMILES string of the molecule is CCOC(=O)C1CCCN(c2c(C=C3SC(=S)N(Cc4ccco4)C3=O)c(C)c(C#N)c(=O)n2CC)C1. The highest BCUT2D eigenvalue weighted by Crippen LogP contribution is 2.37. The van der Waals surface area contributed by atoms with Gasteiger partial charge in [-0.2, -0.15) is 5.26 Å². The average Bonchev–Trinajstić information content (AvgIpc) is 3.50. The summed E-state index contributed by atoms with van der Waals surface area (Å²) in [5, 5.41) is 9.79. The number of esters is 1. The van der Waals surface area contributed by atoms with Crippen LogP contribution in [0.1, 0.15) is 49.1 Å². The van der Waals surface area contributed by atoms with Crippen molar-refractivity contribution in [3.8, 4) is 6.07 Å². The minimum Gasteiger partial charge on any atom is -0.467 e. The molecule has 9 nitrogen and oxygen atoms in total. The Bertz CT molecular complexity index is 1360. The van der Waals surface area contributed by atoms with Crippen LogP contribution in [0.4, 0.5) is 5.82 Å². The molecule has 2 aromatic heterocycles. The van der Waals surface area contributed by atoms with Crippen LogP contribution in [0.2, 0.25) is 0 Å². The van der Waals surface area contributed by atoms with Crippen LogP contribution in [0.15, 0.2) is 32.5 Å². The first kappa shape index (κ1) is 26.7. The molecule has 2 saturated heterocycles. The van der Waals surface area contributed by atoms with E-state index in [-0.39, 0.29) is 29.9 Å². The summed E-state index contributed by atoms with van der Waals surface area (Å²) in [7, 11) is 0. The topological polar surface area (TPSA) is 109 Å². The van der Waals surface area contributed by atoms with Crippen LogP contribution in [0.5, 0.6) is 0 Å². The number of ether oxygens (including phenoxy) is 1. The zero-order valence-corrected chi connectivity index (χ0v) is 22.6. The van der Waals surface area contributed by atoms with Crippen molar-refractivity contribution < 1.29 is 18.7 Å². The molecule has 2 aliphatic rings. The molecule has 2 aromatic rings. The van der Waals surface area contributed by atoms with Gasteiger partial charge in [0.25, 0.3) is 11.5 Å². The van der Waals surface area contributed by atoms with Gasteiger partial charge in [0.15, 0.2) is 0 Å². The number of nitriles is 1. The molecule has 2 fully saturated rings. The number of hydrogen-bond donors (Lipinski definition) is 0. The lowest BCUT2D eigenvalue weighted by molar-refractivity contribution is -0.148. The van der Waals surface area contributed by atoms with Crippen LogP contribution in [0.25, 0.3) is 6.08 Å². The lowest BCUT2D eigenvalue weighted by Crippen LogP contribution is -2.43. The van der Waals surface area contributed by atoms with Crippen molar-refractivity contribution in [1.82, 2.24) is 9.47 Å². The standard InChI is InChI=1S/C26H28N4O5S2/c1-4-29-22(28-10-6-8-17(14-28)25(33)34-5-2)19(16(3)20(13-27)23(29)31)12-21-24(32)30(26(36)37-21)15-18-9-7-11-35-18/h7,9,11-12,17H,4-6,8,10,14-15H2,1-3H3. The summed E-state index contributed by atoms with van der Waals surface area (Å²) in [6.07, 6.45) is 4.69. The Labute approximate surface area is 224 Å². The normalized spacial score (nSPS) is 19.0. The van der Waals surface area contributed by atoms with Crippen LogP contribution in [-0.4, -0.2) is 45.4 Å².